The van der Waals surface area contributed by atoms with Gasteiger partial charge in [-0.2, -0.15) is 5.26 Å². The lowest BCUT2D eigenvalue weighted by molar-refractivity contribution is 0.582. The van der Waals surface area contributed by atoms with E-state index in [1.54, 1.807) is 6.07 Å². The molecular formula is C13H9F2N3O2S. The minimum atomic E-state index is -4.20. The van der Waals surface area contributed by atoms with Gasteiger partial charge in [-0.3, -0.25) is 4.72 Å². The third-order valence-electron chi connectivity index (χ3n) is 2.59. The molecule has 0 saturated carbocycles. The maximum absolute atomic E-state index is 13.5. The molecule has 2 aromatic carbocycles. The minimum Gasteiger partial charge on any atom is -0.399 e. The number of nitrogens with zero attached hydrogens (tertiary/aromatic N) is 1. The number of benzene rings is 2. The van der Waals surface area contributed by atoms with Gasteiger partial charge in [0.05, 0.1) is 11.3 Å². The van der Waals surface area contributed by atoms with Crippen LogP contribution in [0.1, 0.15) is 5.56 Å². The number of anilines is 2. The fourth-order valence-corrected chi connectivity index (χ4v) is 2.85. The van der Waals surface area contributed by atoms with E-state index in [1.807, 2.05) is 4.72 Å². The summed E-state index contributed by atoms with van der Waals surface area (Å²) < 4.78 is 52.6. The second-order valence-electron chi connectivity index (χ2n) is 4.10. The van der Waals surface area contributed by atoms with E-state index in [1.165, 1.54) is 12.1 Å². The van der Waals surface area contributed by atoms with Crippen molar-refractivity contribution in [3.8, 4) is 6.07 Å². The van der Waals surface area contributed by atoms with Crippen LogP contribution in [0.25, 0.3) is 0 Å². The van der Waals surface area contributed by atoms with Crippen molar-refractivity contribution in [1.82, 2.24) is 0 Å². The van der Waals surface area contributed by atoms with Crippen molar-refractivity contribution in [3.05, 3.63) is 53.6 Å². The van der Waals surface area contributed by atoms with E-state index in [0.717, 1.165) is 18.2 Å². The molecule has 0 aliphatic rings. The van der Waals surface area contributed by atoms with E-state index in [0.29, 0.717) is 6.07 Å². The Labute approximate surface area is 119 Å². The number of halogens is 2. The van der Waals surface area contributed by atoms with Crippen LogP contribution in [0.5, 0.6) is 0 Å². The molecule has 0 amide bonds. The minimum absolute atomic E-state index is 0.176. The normalized spacial score (nSPS) is 10.9. The molecule has 0 aliphatic heterocycles. The van der Waals surface area contributed by atoms with E-state index in [-0.39, 0.29) is 16.1 Å². The van der Waals surface area contributed by atoms with Crippen LogP contribution in [0.2, 0.25) is 0 Å². The molecule has 5 nitrogen and oxygen atoms in total. The second-order valence-corrected chi connectivity index (χ2v) is 5.75. The van der Waals surface area contributed by atoms with E-state index < -0.39 is 27.3 Å². The van der Waals surface area contributed by atoms with E-state index in [2.05, 4.69) is 0 Å². The van der Waals surface area contributed by atoms with Crippen molar-refractivity contribution in [1.29, 1.82) is 5.26 Å². The van der Waals surface area contributed by atoms with E-state index >= 15 is 0 Å². The zero-order chi connectivity index (χ0) is 15.6. The van der Waals surface area contributed by atoms with Gasteiger partial charge >= 0.3 is 0 Å². The smallest absolute Gasteiger partial charge is 0.263 e. The number of nitrogen functional groups attached to an aromatic ring is 1. The lowest BCUT2D eigenvalue weighted by Gasteiger charge is -2.10. The van der Waals surface area contributed by atoms with Gasteiger partial charge in [0.2, 0.25) is 0 Å². The van der Waals surface area contributed by atoms with Crippen LogP contribution in [-0.4, -0.2) is 8.42 Å². The topological polar surface area (TPSA) is 96.0 Å². The molecular weight excluding hydrogens is 300 g/mol. The summed E-state index contributed by atoms with van der Waals surface area (Å²) in [6.45, 7) is 0. The Kier molecular flexibility index (Phi) is 3.78. The zero-order valence-corrected chi connectivity index (χ0v) is 11.3. The monoisotopic (exact) mass is 309 g/mol. The Bertz CT molecular complexity index is 845. The number of rotatable bonds is 3. The Morgan fingerprint density at radius 3 is 2.48 bits per heavy atom. The lowest BCUT2D eigenvalue weighted by Crippen LogP contribution is -2.15. The molecule has 0 fully saturated rings. The molecule has 108 valence electrons. The van der Waals surface area contributed by atoms with Gasteiger partial charge in [-0.15, -0.1) is 0 Å². The summed E-state index contributed by atoms with van der Waals surface area (Å²) in [5.41, 5.74) is 5.10. The second kappa shape index (κ2) is 5.38. The molecule has 0 unspecified atom stereocenters. The van der Waals surface area contributed by atoms with Crippen LogP contribution in [0.4, 0.5) is 20.2 Å². The van der Waals surface area contributed by atoms with Crippen molar-refractivity contribution in [2.75, 3.05) is 10.5 Å². The highest BCUT2D eigenvalue weighted by Crippen LogP contribution is 2.23. The van der Waals surface area contributed by atoms with E-state index in [9.17, 15) is 17.2 Å². The summed E-state index contributed by atoms with van der Waals surface area (Å²) in [5.74, 6) is -1.90. The van der Waals surface area contributed by atoms with Gasteiger partial charge in [-0.25, -0.2) is 17.2 Å². The highest BCUT2D eigenvalue weighted by atomic mass is 32.2. The third kappa shape index (κ3) is 3.09. The average molecular weight is 309 g/mol. The van der Waals surface area contributed by atoms with Gasteiger partial charge in [-0.05, 0) is 30.3 Å². The van der Waals surface area contributed by atoms with Crippen molar-refractivity contribution in [2.24, 2.45) is 0 Å². The highest BCUT2D eigenvalue weighted by molar-refractivity contribution is 7.92. The average Bonchev–Trinajstić information content (AvgIpc) is 2.41. The predicted molar refractivity (Wildman–Crippen MR) is 72.7 cm³/mol. The molecule has 0 atom stereocenters. The Balaban J connectivity index is 2.46. The Hall–Kier alpha value is -2.66. The summed E-state index contributed by atoms with van der Waals surface area (Å²) in [6.07, 6.45) is 0. The summed E-state index contributed by atoms with van der Waals surface area (Å²) in [4.78, 5) is -0.345. The molecule has 0 spiro atoms. The molecule has 0 aliphatic carbocycles. The number of sulfonamides is 1. The quantitative estimate of drug-likeness (QED) is 0.850. The van der Waals surface area contributed by atoms with Crippen LogP contribution in [-0.2, 0) is 10.0 Å². The number of hydrogen-bond donors (Lipinski definition) is 2. The number of nitriles is 1. The first-order valence-corrected chi connectivity index (χ1v) is 7.09. The summed E-state index contributed by atoms with van der Waals surface area (Å²) >= 11 is 0. The van der Waals surface area contributed by atoms with E-state index in [4.69, 9.17) is 11.0 Å². The Morgan fingerprint density at radius 2 is 1.86 bits per heavy atom. The maximum atomic E-state index is 13.5. The third-order valence-corrected chi connectivity index (χ3v) is 4.01. The van der Waals surface area contributed by atoms with Gasteiger partial charge in [-0.1, -0.05) is 0 Å². The maximum Gasteiger partial charge on any atom is 0.263 e. The lowest BCUT2D eigenvalue weighted by atomic mass is 10.2. The Morgan fingerprint density at radius 1 is 1.14 bits per heavy atom. The molecule has 0 heterocycles. The van der Waals surface area contributed by atoms with Gasteiger partial charge in [0.1, 0.15) is 22.6 Å². The van der Waals surface area contributed by atoms with Crippen molar-refractivity contribution in [2.45, 2.75) is 4.90 Å². The fourth-order valence-electron chi connectivity index (χ4n) is 1.64. The standard InChI is InChI=1S/C13H9F2N3O2S/c14-9-1-3-12(11(15)6-9)18-21(19,20)13-4-2-10(17)5-8(13)7-16/h1-6,18H,17H2. The SMILES string of the molecule is N#Cc1cc(N)ccc1S(=O)(=O)Nc1ccc(F)cc1F. The molecule has 0 bridgehead atoms. The largest absolute Gasteiger partial charge is 0.399 e. The van der Waals surface area contributed by atoms with Crippen LogP contribution in [0.15, 0.2) is 41.3 Å². The van der Waals surface area contributed by atoms with Crippen molar-refractivity contribution < 1.29 is 17.2 Å². The van der Waals surface area contributed by atoms with Gasteiger partial charge in [0, 0.05) is 11.8 Å². The molecule has 3 N–H and O–H groups in total. The number of hydrogen-bond acceptors (Lipinski definition) is 4. The first kappa shape index (κ1) is 14.7. The van der Waals surface area contributed by atoms with Crippen LogP contribution < -0.4 is 10.5 Å². The fraction of sp³-hybridized carbons (Fsp3) is 0. The molecule has 21 heavy (non-hydrogen) atoms. The first-order chi connectivity index (χ1) is 9.83. The predicted octanol–water partition coefficient (Wildman–Crippen LogP) is 2.22. The highest BCUT2D eigenvalue weighted by Gasteiger charge is 2.20. The molecule has 0 radical (unpaired) electrons. The first-order valence-electron chi connectivity index (χ1n) is 5.61. The summed E-state index contributed by atoms with van der Waals surface area (Å²) in [7, 11) is -4.20. The number of nitrogens with one attached hydrogen (secondary N) is 1. The van der Waals surface area contributed by atoms with Crippen molar-refractivity contribution >= 4 is 21.4 Å². The van der Waals surface area contributed by atoms with Gasteiger partial charge in [0.25, 0.3) is 10.0 Å². The summed E-state index contributed by atoms with van der Waals surface area (Å²) in [6, 6.07) is 7.74. The molecule has 2 aromatic rings. The van der Waals surface area contributed by atoms with Crippen molar-refractivity contribution in [3.63, 3.8) is 0 Å². The molecule has 8 heteroatoms. The van der Waals surface area contributed by atoms with Gasteiger partial charge in [0.15, 0.2) is 0 Å². The molecule has 0 saturated heterocycles. The summed E-state index contributed by atoms with van der Waals surface area (Å²) in [5, 5.41) is 8.94. The van der Waals surface area contributed by atoms with Crippen LogP contribution >= 0.6 is 0 Å². The van der Waals surface area contributed by atoms with Crippen LogP contribution in [0, 0.1) is 23.0 Å². The van der Waals surface area contributed by atoms with Gasteiger partial charge < -0.3 is 5.73 Å². The molecule has 2 rings (SSSR count). The zero-order valence-electron chi connectivity index (χ0n) is 10.5. The van der Waals surface area contributed by atoms with Crippen LogP contribution in [0.3, 0.4) is 0 Å². The number of nitrogens with two attached hydrogens (primary N) is 1. The molecule has 0 aromatic heterocycles.